The van der Waals surface area contributed by atoms with Gasteiger partial charge in [-0.1, -0.05) is 24.3 Å². The summed E-state index contributed by atoms with van der Waals surface area (Å²) in [6.07, 6.45) is 1.90. The number of rotatable bonds is 8. The Morgan fingerprint density at radius 2 is 1.90 bits per heavy atom. The third-order valence-electron chi connectivity index (χ3n) is 3.15. The number of nitrogens with zero attached hydrogens (tertiary/aromatic N) is 1. The highest BCUT2D eigenvalue weighted by atomic mass is 32.1. The lowest BCUT2D eigenvalue weighted by Gasteiger charge is -2.24. The van der Waals surface area contributed by atoms with Gasteiger partial charge in [0.05, 0.1) is 0 Å². The summed E-state index contributed by atoms with van der Waals surface area (Å²) in [6.45, 7) is 1.70. The van der Waals surface area contributed by atoms with Crippen molar-refractivity contribution in [1.29, 1.82) is 0 Å². The molecule has 1 N–H and O–H groups in total. The van der Waals surface area contributed by atoms with Crippen molar-refractivity contribution in [2.24, 2.45) is 0 Å². The van der Waals surface area contributed by atoms with Gasteiger partial charge in [0.25, 0.3) is 0 Å². The molecular formula is C16H19NO2S. The van der Waals surface area contributed by atoms with E-state index in [-0.39, 0.29) is 6.42 Å². The van der Waals surface area contributed by atoms with Crippen LogP contribution < -0.4 is 4.90 Å². The largest absolute Gasteiger partial charge is 0.481 e. The molecular weight excluding hydrogens is 270 g/mol. The first kappa shape index (κ1) is 14.6. The van der Waals surface area contributed by atoms with E-state index in [4.69, 9.17) is 5.11 Å². The standard InChI is InChI=1S/C16H19NO2S/c18-16(19)9-4-11-17(14-6-2-1-3-7-14)12-10-15-8-5-13-20-15/h1-3,5-8,13H,4,9-12H2,(H,18,19). The molecule has 0 radical (unpaired) electrons. The summed E-state index contributed by atoms with van der Waals surface area (Å²) in [5.41, 5.74) is 1.16. The van der Waals surface area contributed by atoms with Gasteiger partial charge in [0.1, 0.15) is 0 Å². The molecule has 0 fully saturated rings. The van der Waals surface area contributed by atoms with Gasteiger partial charge in [-0.15, -0.1) is 11.3 Å². The van der Waals surface area contributed by atoms with Crippen molar-refractivity contribution in [3.63, 3.8) is 0 Å². The van der Waals surface area contributed by atoms with Gasteiger partial charge >= 0.3 is 5.97 Å². The summed E-state index contributed by atoms with van der Waals surface area (Å²) >= 11 is 1.77. The maximum atomic E-state index is 10.6. The van der Waals surface area contributed by atoms with Gasteiger partial charge < -0.3 is 10.0 Å². The molecule has 1 aromatic carbocycles. The second kappa shape index (κ2) is 7.70. The number of hydrogen-bond acceptors (Lipinski definition) is 3. The van der Waals surface area contributed by atoms with Crippen LogP contribution in [0.1, 0.15) is 17.7 Å². The number of carboxylic acid groups (broad SMARTS) is 1. The Hall–Kier alpha value is -1.81. The molecule has 2 rings (SSSR count). The predicted molar refractivity (Wildman–Crippen MR) is 83.5 cm³/mol. The molecule has 0 aliphatic carbocycles. The van der Waals surface area contributed by atoms with Crippen molar-refractivity contribution in [3.8, 4) is 0 Å². The lowest BCUT2D eigenvalue weighted by atomic mass is 10.2. The second-order valence-corrected chi connectivity index (χ2v) is 5.68. The Morgan fingerprint density at radius 1 is 1.10 bits per heavy atom. The van der Waals surface area contributed by atoms with Crippen LogP contribution in [0.25, 0.3) is 0 Å². The first-order chi connectivity index (χ1) is 9.75. The average Bonchev–Trinajstić information content (AvgIpc) is 2.96. The number of thiophene rings is 1. The molecule has 3 nitrogen and oxygen atoms in total. The van der Waals surface area contributed by atoms with Gasteiger partial charge in [-0.2, -0.15) is 0 Å². The lowest BCUT2D eigenvalue weighted by molar-refractivity contribution is -0.137. The maximum Gasteiger partial charge on any atom is 0.303 e. The highest BCUT2D eigenvalue weighted by molar-refractivity contribution is 7.09. The van der Waals surface area contributed by atoms with E-state index in [0.29, 0.717) is 6.42 Å². The Kier molecular flexibility index (Phi) is 5.62. The van der Waals surface area contributed by atoms with Crippen molar-refractivity contribution in [2.75, 3.05) is 18.0 Å². The van der Waals surface area contributed by atoms with Crippen LogP contribution in [0.5, 0.6) is 0 Å². The number of hydrogen-bond donors (Lipinski definition) is 1. The van der Waals surface area contributed by atoms with E-state index in [9.17, 15) is 4.79 Å². The van der Waals surface area contributed by atoms with Gasteiger partial charge in [-0.3, -0.25) is 4.79 Å². The van der Waals surface area contributed by atoms with E-state index in [0.717, 1.165) is 25.2 Å². The van der Waals surface area contributed by atoms with E-state index in [1.54, 1.807) is 11.3 Å². The molecule has 0 spiro atoms. The summed E-state index contributed by atoms with van der Waals surface area (Å²) in [4.78, 5) is 14.3. The molecule has 1 aromatic heterocycles. The van der Waals surface area contributed by atoms with Crippen LogP contribution in [0.4, 0.5) is 5.69 Å². The zero-order valence-corrected chi connectivity index (χ0v) is 12.2. The third kappa shape index (κ3) is 4.70. The second-order valence-electron chi connectivity index (χ2n) is 4.65. The summed E-state index contributed by atoms with van der Waals surface area (Å²) in [6, 6.07) is 14.4. The number of carbonyl (C=O) groups is 1. The average molecular weight is 289 g/mol. The molecule has 0 amide bonds. The van der Waals surface area contributed by atoms with E-state index in [1.807, 2.05) is 18.2 Å². The fourth-order valence-corrected chi connectivity index (χ4v) is 2.83. The number of aliphatic carboxylic acids is 1. The first-order valence-corrected chi connectivity index (χ1v) is 7.68. The molecule has 4 heteroatoms. The molecule has 0 saturated carbocycles. The third-order valence-corrected chi connectivity index (χ3v) is 4.08. The predicted octanol–water partition coefficient (Wildman–Crippen LogP) is 3.66. The molecule has 20 heavy (non-hydrogen) atoms. The molecule has 0 atom stereocenters. The normalized spacial score (nSPS) is 10.4. The van der Waals surface area contributed by atoms with Crippen molar-refractivity contribution < 1.29 is 9.90 Å². The van der Waals surface area contributed by atoms with Crippen molar-refractivity contribution in [2.45, 2.75) is 19.3 Å². The van der Waals surface area contributed by atoms with Crippen LogP contribution in [-0.4, -0.2) is 24.2 Å². The molecule has 2 aromatic rings. The van der Waals surface area contributed by atoms with Gasteiger partial charge in [0, 0.05) is 30.1 Å². The summed E-state index contributed by atoms with van der Waals surface area (Å²) in [5.74, 6) is -0.726. The first-order valence-electron chi connectivity index (χ1n) is 6.80. The number of para-hydroxylation sites is 1. The zero-order chi connectivity index (χ0) is 14.2. The van der Waals surface area contributed by atoms with Crippen molar-refractivity contribution in [3.05, 3.63) is 52.7 Å². The van der Waals surface area contributed by atoms with Gasteiger partial charge in [0.15, 0.2) is 0 Å². The maximum absolute atomic E-state index is 10.6. The number of benzene rings is 1. The highest BCUT2D eigenvalue weighted by Gasteiger charge is 2.08. The molecule has 0 bridgehead atoms. The molecule has 106 valence electrons. The van der Waals surface area contributed by atoms with Gasteiger partial charge in [-0.25, -0.2) is 0 Å². The minimum Gasteiger partial charge on any atom is -0.481 e. The topological polar surface area (TPSA) is 40.5 Å². The fraction of sp³-hybridized carbons (Fsp3) is 0.312. The Labute approximate surface area is 123 Å². The van der Waals surface area contributed by atoms with Gasteiger partial charge in [0.2, 0.25) is 0 Å². The summed E-state index contributed by atoms with van der Waals surface area (Å²) in [5, 5.41) is 10.9. The van der Waals surface area contributed by atoms with Crippen molar-refractivity contribution >= 4 is 23.0 Å². The van der Waals surface area contributed by atoms with Crippen LogP contribution >= 0.6 is 11.3 Å². The monoisotopic (exact) mass is 289 g/mol. The van der Waals surface area contributed by atoms with Gasteiger partial charge in [-0.05, 0) is 36.4 Å². The minimum absolute atomic E-state index is 0.225. The van der Waals surface area contributed by atoms with E-state index < -0.39 is 5.97 Å². The fourth-order valence-electron chi connectivity index (χ4n) is 2.13. The summed E-state index contributed by atoms with van der Waals surface area (Å²) < 4.78 is 0. The minimum atomic E-state index is -0.726. The highest BCUT2D eigenvalue weighted by Crippen LogP contribution is 2.16. The lowest BCUT2D eigenvalue weighted by Crippen LogP contribution is -2.27. The quantitative estimate of drug-likeness (QED) is 0.806. The van der Waals surface area contributed by atoms with Crippen LogP contribution in [0.3, 0.4) is 0 Å². The van der Waals surface area contributed by atoms with Crippen molar-refractivity contribution in [1.82, 2.24) is 0 Å². The van der Waals surface area contributed by atoms with E-state index >= 15 is 0 Å². The Balaban J connectivity index is 1.94. The van der Waals surface area contributed by atoms with Crippen LogP contribution in [0, 0.1) is 0 Å². The van der Waals surface area contributed by atoms with Crippen LogP contribution in [0.15, 0.2) is 47.8 Å². The molecule has 0 saturated heterocycles. The Bertz CT molecular complexity index is 511. The number of anilines is 1. The Morgan fingerprint density at radius 3 is 2.55 bits per heavy atom. The van der Waals surface area contributed by atoms with Crippen LogP contribution in [0.2, 0.25) is 0 Å². The molecule has 1 heterocycles. The van der Waals surface area contributed by atoms with E-state index in [2.05, 4.69) is 34.5 Å². The SMILES string of the molecule is O=C(O)CCCN(CCc1cccs1)c1ccccc1. The van der Waals surface area contributed by atoms with Crippen LogP contribution in [-0.2, 0) is 11.2 Å². The van der Waals surface area contributed by atoms with E-state index in [1.165, 1.54) is 4.88 Å². The number of carboxylic acids is 1. The summed E-state index contributed by atoms with van der Waals surface area (Å²) in [7, 11) is 0. The smallest absolute Gasteiger partial charge is 0.303 e. The zero-order valence-electron chi connectivity index (χ0n) is 11.4. The molecule has 0 aliphatic heterocycles. The molecule has 0 unspecified atom stereocenters. The molecule has 0 aliphatic rings.